The first kappa shape index (κ1) is 19.8. The molecular formula is C19H16BrClN2O3. The Morgan fingerprint density at radius 1 is 1.38 bits per heavy atom. The molecule has 0 unspecified atom stereocenters. The highest BCUT2D eigenvalue weighted by Gasteiger charge is 2.14. The summed E-state index contributed by atoms with van der Waals surface area (Å²) in [5, 5.41) is 12.5. The molecule has 26 heavy (non-hydrogen) atoms. The summed E-state index contributed by atoms with van der Waals surface area (Å²) in [5.41, 5.74) is 1.08. The zero-order valence-corrected chi connectivity index (χ0v) is 16.5. The first-order chi connectivity index (χ1) is 12.5. The largest absolute Gasteiger partial charge is 0.493 e. The molecule has 0 heterocycles. The van der Waals surface area contributed by atoms with Gasteiger partial charge in [-0.25, -0.2) is 0 Å². The molecular weight excluding hydrogens is 420 g/mol. The molecule has 0 aromatic heterocycles. The number of rotatable bonds is 6. The number of benzene rings is 2. The quantitative estimate of drug-likeness (QED) is 0.509. The normalized spacial score (nSPS) is 10.8. The van der Waals surface area contributed by atoms with E-state index in [4.69, 9.17) is 21.1 Å². The molecule has 7 heteroatoms. The summed E-state index contributed by atoms with van der Waals surface area (Å²) in [5.74, 6) is 0.535. The van der Waals surface area contributed by atoms with E-state index >= 15 is 0 Å². The average molecular weight is 436 g/mol. The van der Waals surface area contributed by atoms with E-state index in [9.17, 15) is 10.1 Å². The Hall–Kier alpha value is -2.49. The van der Waals surface area contributed by atoms with E-state index < -0.39 is 5.91 Å². The number of hydrogen-bond donors (Lipinski definition) is 1. The van der Waals surface area contributed by atoms with Crippen molar-refractivity contribution < 1.29 is 14.3 Å². The third kappa shape index (κ3) is 5.01. The van der Waals surface area contributed by atoms with Gasteiger partial charge in [0.25, 0.3) is 5.91 Å². The van der Waals surface area contributed by atoms with Gasteiger partial charge in [-0.05, 0) is 64.8 Å². The molecule has 0 aliphatic heterocycles. The SMILES string of the molecule is CCOc1c(Br)cc(/C=C(\C#N)C(=O)Nc2cccc(Cl)c2)cc1OC. The van der Waals surface area contributed by atoms with Crippen LogP contribution in [0.3, 0.4) is 0 Å². The number of nitrogens with one attached hydrogen (secondary N) is 1. The van der Waals surface area contributed by atoms with Gasteiger partial charge in [0.2, 0.25) is 0 Å². The van der Waals surface area contributed by atoms with Gasteiger partial charge in [0.15, 0.2) is 11.5 Å². The number of hydrogen-bond acceptors (Lipinski definition) is 4. The summed E-state index contributed by atoms with van der Waals surface area (Å²) < 4.78 is 11.5. The molecule has 0 saturated carbocycles. The van der Waals surface area contributed by atoms with Crippen LogP contribution in [0.5, 0.6) is 11.5 Å². The lowest BCUT2D eigenvalue weighted by Gasteiger charge is -2.12. The summed E-state index contributed by atoms with van der Waals surface area (Å²) in [6, 6.07) is 12.1. The van der Waals surface area contributed by atoms with Crippen LogP contribution in [-0.4, -0.2) is 19.6 Å². The molecule has 5 nitrogen and oxygen atoms in total. The van der Waals surface area contributed by atoms with Crippen molar-refractivity contribution in [3.8, 4) is 17.6 Å². The van der Waals surface area contributed by atoms with E-state index in [1.54, 1.807) is 36.4 Å². The third-order valence-electron chi connectivity index (χ3n) is 3.30. The molecule has 0 radical (unpaired) electrons. The fraction of sp³-hybridized carbons (Fsp3) is 0.158. The number of methoxy groups -OCH3 is 1. The van der Waals surface area contributed by atoms with Gasteiger partial charge in [-0.15, -0.1) is 0 Å². The van der Waals surface area contributed by atoms with Crippen LogP contribution < -0.4 is 14.8 Å². The molecule has 2 rings (SSSR count). The maximum absolute atomic E-state index is 12.4. The van der Waals surface area contributed by atoms with Crippen LogP contribution in [0.1, 0.15) is 12.5 Å². The fourth-order valence-electron chi connectivity index (χ4n) is 2.19. The van der Waals surface area contributed by atoms with E-state index in [2.05, 4.69) is 21.2 Å². The van der Waals surface area contributed by atoms with Crippen LogP contribution in [-0.2, 0) is 4.79 Å². The third-order valence-corrected chi connectivity index (χ3v) is 4.12. The smallest absolute Gasteiger partial charge is 0.266 e. The van der Waals surface area contributed by atoms with Crippen molar-refractivity contribution in [3.63, 3.8) is 0 Å². The molecule has 0 fully saturated rings. The molecule has 2 aromatic carbocycles. The number of halogens is 2. The number of nitrogens with zero attached hydrogens (tertiary/aromatic N) is 1. The van der Waals surface area contributed by atoms with Crippen molar-refractivity contribution in [3.05, 3.63) is 57.0 Å². The van der Waals surface area contributed by atoms with Gasteiger partial charge in [-0.2, -0.15) is 5.26 Å². The fourth-order valence-corrected chi connectivity index (χ4v) is 2.95. The van der Waals surface area contributed by atoms with E-state index in [0.717, 1.165) is 0 Å². The molecule has 0 saturated heterocycles. The Bertz CT molecular complexity index is 891. The van der Waals surface area contributed by atoms with Crippen molar-refractivity contribution in [2.75, 3.05) is 19.0 Å². The predicted octanol–water partition coefficient (Wildman–Crippen LogP) is 5.06. The Labute approximate surface area is 165 Å². The zero-order chi connectivity index (χ0) is 19.1. The minimum Gasteiger partial charge on any atom is -0.493 e. The highest BCUT2D eigenvalue weighted by molar-refractivity contribution is 9.10. The van der Waals surface area contributed by atoms with Crippen LogP contribution in [0, 0.1) is 11.3 Å². The summed E-state index contributed by atoms with van der Waals surface area (Å²) in [4.78, 5) is 12.4. The first-order valence-electron chi connectivity index (χ1n) is 7.67. The average Bonchev–Trinajstić information content (AvgIpc) is 2.61. The lowest BCUT2D eigenvalue weighted by atomic mass is 10.1. The van der Waals surface area contributed by atoms with Crippen LogP contribution >= 0.6 is 27.5 Å². The minimum atomic E-state index is -0.529. The Kier molecular flexibility index (Phi) is 7.07. The lowest BCUT2D eigenvalue weighted by molar-refractivity contribution is -0.112. The van der Waals surface area contributed by atoms with Crippen LogP contribution in [0.15, 0.2) is 46.4 Å². The van der Waals surface area contributed by atoms with Gasteiger partial charge in [0.05, 0.1) is 18.2 Å². The second kappa shape index (κ2) is 9.27. The molecule has 0 spiro atoms. The van der Waals surface area contributed by atoms with Gasteiger partial charge in [-0.3, -0.25) is 4.79 Å². The second-order valence-electron chi connectivity index (χ2n) is 5.10. The number of carbonyl (C=O) groups is 1. The maximum Gasteiger partial charge on any atom is 0.266 e. The maximum atomic E-state index is 12.4. The molecule has 134 valence electrons. The van der Waals surface area contributed by atoms with Gasteiger partial charge in [0.1, 0.15) is 11.6 Å². The summed E-state index contributed by atoms with van der Waals surface area (Å²) in [6.45, 7) is 2.35. The number of nitriles is 1. The molecule has 0 aliphatic rings. The van der Waals surface area contributed by atoms with Gasteiger partial charge in [0, 0.05) is 10.7 Å². The van der Waals surface area contributed by atoms with Gasteiger partial charge in [-0.1, -0.05) is 17.7 Å². The van der Waals surface area contributed by atoms with Crippen molar-refractivity contribution in [2.24, 2.45) is 0 Å². The predicted molar refractivity (Wildman–Crippen MR) is 106 cm³/mol. The lowest BCUT2D eigenvalue weighted by Crippen LogP contribution is -2.13. The van der Waals surface area contributed by atoms with Crippen molar-refractivity contribution >= 4 is 45.2 Å². The number of carbonyl (C=O) groups excluding carboxylic acids is 1. The van der Waals surface area contributed by atoms with E-state index in [0.29, 0.717) is 38.9 Å². The van der Waals surface area contributed by atoms with Gasteiger partial charge < -0.3 is 14.8 Å². The summed E-state index contributed by atoms with van der Waals surface area (Å²) >= 11 is 9.32. The molecule has 0 aliphatic carbocycles. The molecule has 2 aromatic rings. The van der Waals surface area contributed by atoms with E-state index in [1.807, 2.05) is 13.0 Å². The van der Waals surface area contributed by atoms with Crippen LogP contribution in [0.25, 0.3) is 6.08 Å². The van der Waals surface area contributed by atoms with Gasteiger partial charge >= 0.3 is 0 Å². The minimum absolute atomic E-state index is 0.0527. The summed E-state index contributed by atoms with van der Waals surface area (Å²) in [7, 11) is 1.52. The monoisotopic (exact) mass is 434 g/mol. The first-order valence-corrected chi connectivity index (χ1v) is 8.84. The van der Waals surface area contributed by atoms with Crippen LogP contribution in [0.2, 0.25) is 5.02 Å². The van der Waals surface area contributed by atoms with E-state index in [1.165, 1.54) is 13.2 Å². The van der Waals surface area contributed by atoms with Crippen molar-refractivity contribution in [1.29, 1.82) is 5.26 Å². The number of amides is 1. The molecule has 0 bridgehead atoms. The van der Waals surface area contributed by atoms with E-state index in [-0.39, 0.29) is 5.57 Å². The topological polar surface area (TPSA) is 71.3 Å². The zero-order valence-electron chi connectivity index (χ0n) is 14.2. The Balaban J connectivity index is 2.32. The second-order valence-corrected chi connectivity index (χ2v) is 6.39. The van der Waals surface area contributed by atoms with Crippen molar-refractivity contribution in [1.82, 2.24) is 0 Å². The summed E-state index contributed by atoms with van der Waals surface area (Å²) in [6.07, 6.45) is 1.48. The highest BCUT2D eigenvalue weighted by Crippen LogP contribution is 2.37. The Morgan fingerprint density at radius 2 is 2.15 bits per heavy atom. The Morgan fingerprint density at radius 3 is 2.77 bits per heavy atom. The standard InChI is InChI=1S/C19H16BrClN2O3/c1-3-26-18-16(20)8-12(9-17(18)25-2)7-13(11-22)19(24)23-15-6-4-5-14(21)10-15/h4-10H,3H2,1-2H3,(H,23,24)/b13-7+. The van der Waals surface area contributed by atoms with Crippen molar-refractivity contribution in [2.45, 2.75) is 6.92 Å². The number of ether oxygens (including phenoxy) is 2. The molecule has 1 amide bonds. The van der Waals surface area contributed by atoms with Crippen LogP contribution in [0.4, 0.5) is 5.69 Å². The number of anilines is 1. The highest BCUT2D eigenvalue weighted by atomic mass is 79.9. The molecule has 1 N–H and O–H groups in total. The molecule has 0 atom stereocenters.